The molecule has 1 aliphatic rings. The fourth-order valence-electron chi connectivity index (χ4n) is 1.01. The molecule has 0 aliphatic carbocycles. The second-order valence-electron chi connectivity index (χ2n) is 3.02. The maximum Gasteiger partial charge on any atom is 0.294 e. The molecule has 0 bridgehead atoms. The normalized spacial score (nSPS) is 16.6. The molecule has 2 heterocycles. The third-order valence-corrected chi connectivity index (χ3v) is 2.66. The van der Waals surface area contributed by atoms with Crippen molar-refractivity contribution in [3.8, 4) is 5.19 Å². The van der Waals surface area contributed by atoms with Crippen molar-refractivity contribution in [3.05, 3.63) is 5.01 Å². The maximum atomic E-state index is 5.50. The SMILES string of the molecule is CCNCc1nnc(OC2COC2)s1. The number of nitrogens with one attached hydrogen (secondary N) is 1. The summed E-state index contributed by atoms with van der Waals surface area (Å²) in [5, 5.41) is 12.7. The van der Waals surface area contributed by atoms with Crippen LogP contribution < -0.4 is 10.1 Å². The lowest BCUT2D eigenvalue weighted by Crippen LogP contribution is -2.38. The minimum atomic E-state index is 0.176. The molecule has 1 aromatic rings. The smallest absolute Gasteiger partial charge is 0.294 e. The van der Waals surface area contributed by atoms with Crippen LogP contribution in [-0.2, 0) is 11.3 Å². The van der Waals surface area contributed by atoms with Crippen LogP contribution in [0.2, 0.25) is 0 Å². The fraction of sp³-hybridized carbons (Fsp3) is 0.750. The molecule has 0 radical (unpaired) electrons. The fourth-order valence-corrected chi connectivity index (χ4v) is 1.74. The van der Waals surface area contributed by atoms with E-state index in [2.05, 4.69) is 22.4 Å². The van der Waals surface area contributed by atoms with Gasteiger partial charge in [0.1, 0.15) is 11.1 Å². The zero-order valence-electron chi connectivity index (χ0n) is 8.02. The van der Waals surface area contributed by atoms with Crippen LogP contribution in [0, 0.1) is 0 Å². The predicted molar refractivity (Wildman–Crippen MR) is 52.5 cm³/mol. The Morgan fingerprint density at radius 1 is 1.57 bits per heavy atom. The molecule has 0 aromatic carbocycles. The van der Waals surface area contributed by atoms with Gasteiger partial charge in [0.25, 0.3) is 5.19 Å². The molecule has 1 fully saturated rings. The summed E-state index contributed by atoms with van der Waals surface area (Å²) in [5.74, 6) is 0. The van der Waals surface area contributed by atoms with Crippen molar-refractivity contribution in [3.63, 3.8) is 0 Å². The molecule has 1 saturated heterocycles. The van der Waals surface area contributed by atoms with Gasteiger partial charge in [-0.3, -0.25) is 0 Å². The minimum Gasteiger partial charge on any atom is -0.461 e. The Balaban J connectivity index is 1.82. The highest BCUT2D eigenvalue weighted by molar-refractivity contribution is 7.13. The zero-order valence-corrected chi connectivity index (χ0v) is 8.84. The highest BCUT2D eigenvalue weighted by Crippen LogP contribution is 2.20. The first kappa shape index (κ1) is 9.82. The van der Waals surface area contributed by atoms with Crippen LogP contribution in [0.1, 0.15) is 11.9 Å². The Morgan fingerprint density at radius 3 is 3.07 bits per heavy atom. The summed E-state index contributed by atoms with van der Waals surface area (Å²) in [6.07, 6.45) is 0.176. The molecule has 1 aromatic heterocycles. The summed E-state index contributed by atoms with van der Waals surface area (Å²) in [4.78, 5) is 0. The Labute approximate surface area is 86.4 Å². The van der Waals surface area contributed by atoms with E-state index in [0.717, 1.165) is 18.1 Å². The van der Waals surface area contributed by atoms with Crippen molar-refractivity contribution >= 4 is 11.3 Å². The Bertz CT molecular complexity index is 288. The molecule has 78 valence electrons. The third kappa shape index (κ3) is 2.40. The van der Waals surface area contributed by atoms with Gasteiger partial charge in [-0.05, 0) is 6.54 Å². The predicted octanol–water partition coefficient (Wildman–Crippen LogP) is 0.425. The van der Waals surface area contributed by atoms with Crippen LogP contribution in [0.25, 0.3) is 0 Å². The molecule has 0 spiro atoms. The van der Waals surface area contributed by atoms with Crippen molar-refractivity contribution in [2.75, 3.05) is 19.8 Å². The first-order chi connectivity index (χ1) is 6.88. The molecule has 0 amide bonds. The molecule has 1 N–H and O–H groups in total. The van der Waals surface area contributed by atoms with Crippen molar-refractivity contribution in [2.24, 2.45) is 0 Å². The van der Waals surface area contributed by atoms with Gasteiger partial charge in [-0.1, -0.05) is 23.4 Å². The maximum absolute atomic E-state index is 5.50. The van der Waals surface area contributed by atoms with E-state index in [0.29, 0.717) is 18.4 Å². The third-order valence-electron chi connectivity index (χ3n) is 1.85. The van der Waals surface area contributed by atoms with Crippen LogP contribution in [0.5, 0.6) is 5.19 Å². The van der Waals surface area contributed by atoms with Crippen LogP contribution in [0.4, 0.5) is 0 Å². The highest BCUT2D eigenvalue weighted by atomic mass is 32.1. The molecular weight excluding hydrogens is 202 g/mol. The standard InChI is InChI=1S/C8H13N3O2S/c1-2-9-3-7-10-11-8(14-7)13-6-4-12-5-6/h6,9H,2-5H2,1H3. The Hall–Kier alpha value is -0.720. The number of ether oxygens (including phenoxy) is 2. The van der Waals surface area contributed by atoms with Gasteiger partial charge in [0.15, 0.2) is 0 Å². The molecular formula is C8H13N3O2S. The van der Waals surface area contributed by atoms with Gasteiger partial charge in [0, 0.05) is 6.54 Å². The van der Waals surface area contributed by atoms with Gasteiger partial charge in [-0.25, -0.2) is 0 Å². The lowest BCUT2D eigenvalue weighted by molar-refractivity contribution is -0.0799. The largest absolute Gasteiger partial charge is 0.461 e. The van der Waals surface area contributed by atoms with Crippen molar-refractivity contribution < 1.29 is 9.47 Å². The molecule has 6 heteroatoms. The summed E-state index contributed by atoms with van der Waals surface area (Å²) in [6, 6.07) is 0. The van der Waals surface area contributed by atoms with E-state index in [1.807, 2.05) is 0 Å². The Morgan fingerprint density at radius 2 is 2.43 bits per heavy atom. The van der Waals surface area contributed by atoms with Gasteiger partial charge in [-0.2, -0.15) is 0 Å². The average molecular weight is 215 g/mol. The lowest BCUT2D eigenvalue weighted by atomic mass is 10.3. The van der Waals surface area contributed by atoms with E-state index in [1.54, 1.807) is 0 Å². The average Bonchev–Trinajstić information content (AvgIpc) is 2.56. The van der Waals surface area contributed by atoms with Gasteiger partial charge >= 0.3 is 0 Å². The number of hydrogen-bond donors (Lipinski definition) is 1. The summed E-state index contributed by atoms with van der Waals surface area (Å²) < 4.78 is 10.5. The number of nitrogens with zero attached hydrogens (tertiary/aromatic N) is 2. The van der Waals surface area contributed by atoms with Crippen LogP contribution in [-0.4, -0.2) is 36.1 Å². The van der Waals surface area contributed by atoms with Crippen LogP contribution in [0.3, 0.4) is 0 Å². The summed E-state index contributed by atoms with van der Waals surface area (Å²) in [7, 11) is 0. The quantitative estimate of drug-likeness (QED) is 0.771. The number of rotatable bonds is 5. The Kier molecular flexibility index (Phi) is 3.28. The van der Waals surface area contributed by atoms with E-state index < -0.39 is 0 Å². The summed E-state index contributed by atoms with van der Waals surface area (Å²) >= 11 is 1.49. The van der Waals surface area contributed by atoms with Crippen LogP contribution in [0.15, 0.2) is 0 Å². The molecule has 2 rings (SSSR count). The first-order valence-corrected chi connectivity index (χ1v) is 5.47. The van der Waals surface area contributed by atoms with Crippen molar-refractivity contribution in [2.45, 2.75) is 19.6 Å². The van der Waals surface area contributed by atoms with Crippen LogP contribution >= 0.6 is 11.3 Å². The zero-order chi connectivity index (χ0) is 9.80. The van der Waals surface area contributed by atoms with E-state index in [9.17, 15) is 0 Å². The van der Waals surface area contributed by atoms with E-state index in [-0.39, 0.29) is 6.10 Å². The highest BCUT2D eigenvalue weighted by Gasteiger charge is 2.21. The summed E-state index contributed by atoms with van der Waals surface area (Å²) in [6.45, 7) is 5.10. The number of hydrogen-bond acceptors (Lipinski definition) is 6. The molecule has 5 nitrogen and oxygen atoms in total. The second-order valence-corrected chi connectivity index (χ2v) is 4.04. The first-order valence-electron chi connectivity index (χ1n) is 4.66. The van der Waals surface area contributed by atoms with Gasteiger partial charge in [-0.15, -0.1) is 5.10 Å². The van der Waals surface area contributed by atoms with Crippen molar-refractivity contribution in [1.29, 1.82) is 0 Å². The van der Waals surface area contributed by atoms with E-state index >= 15 is 0 Å². The van der Waals surface area contributed by atoms with E-state index in [1.165, 1.54) is 11.3 Å². The monoisotopic (exact) mass is 215 g/mol. The second kappa shape index (κ2) is 4.68. The molecule has 1 aliphatic heterocycles. The van der Waals surface area contributed by atoms with Crippen molar-refractivity contribution in [1.82, 2.24) is 15.5 Å². The lowest BCUT2D eigenvalue weighted by Gasteiger charge is -2.24. The van der Waals surface area contributed by atoms with Gasteiger partial charge in [0.05, 0.1) is 13.2 Å². The van der Waals surface area contributed by atoms with E-state index in [4.69, 9.17) is 9.47 Å². The number of aromatic nitrogens is 2. The molecule has 0 atom stereocenters. The van der Waals surface area contributed by atoms with Gasteiger partial charge < -0.3 is 14.8 Å². The minimum absolute atomic E-state index is 0.176. The molecule has 0 unspecified atom stereocenters. The molecule has 0 saturated carbocycles. The molecule has 14 heavy (non-hydrogen) atoms. The topological polar surface area (TPSA) is 56.3 Å². The van der Waals surface area contributed by atoms with Gasteiger partial charge in [0.2, 0.25) is 0 Å². The summed E-state index contributed by atoms with van der Waals surface area (Å²) in [5.41, 5.74) is 0.